The molecular formula is C15H18N2O. The van der Waals surface area contributed by atoms with E-state index in [4.69, 9.17) is 10.5 Å². The van der Waals surface area contributed by atoms with Crippen molar-refractivity contribution in [1.29, 1.82) is 0 Å². The number of anilines is 2. The number of nitrogens with zero attached hydrogens (tertiary/aromatic N) is 1. The molecule has 0 bridgehead atoms. The molecule has 0 radical (unpaired) electrons. The van der Waals surface area contributed by atoms with Gasteiger partial charge in [0.15, 0.2) is 0 Å². The number of hydrogen-bond donors (Lipinski definition) is 1. The van der Waals surface area contributed by atoms with Crippen LogP contribution in [0, 0.1) is 0 Å². The molecule has 0 aromatic heterocycles. The van der Waals surface area contributed by atoms with Gasteiger partial charge in [-0.2, -0.15) is 0 Å². The summed E-state index contributed by atoms with van der Waals surface area (Å²) < 4.78 is 5.26. The van der Waals surface area contributed by atoms with E-state index >= 15 is 0 Å². The van der Waals surface area contributed by atoms with Crippen LogP contribution in [0.5, 0.6) is 5.75 Å². The minimum Gasteiger partial charge on any atom is -0.497 e. The fourth-order valence-electron chi connectivity index (χ4n) is 1.92. The molecule has 2 aromatic carbocycles. The molecule has 18 heavy (non-hydrogen) atoms. The Morgan fingerprint density at radius 2 is 1.72 bits per heavy atom. The van der Waals surface area contributed by atoms with Crippen molar-refractivity contribution < 1.29 is 4.74 Å². The summed E-state index contributed by atoms with van der Waals surface area (Å²) in [7, 11) is 1.68. The van der Waals surface area contributed by atoms with Gasteiger partial charge in [-0.3, -0.25) is 0 Å². The van der Waals surface area contributed by atoms with Crippen LogP contribution in [0.1, 0.15) is 0 Å². The van der Waals surface area contributed by atoms with Gasteiger partial charge in [-0.15, -0.1) is 0 Å². The average Bonchev–Trinajstić information content (AvgIpc) is 2.46. The van der Waals surface area contributed by atoms with Gasteiger partial charge in [0.25, 0.3) is 0 Å². The third kappa shape index (κ3) is 2.81. The number of rotatable bonds is 5. The van der Waals surface area contributed by atoms with Crippen LogP contribution in [0.15, 0.2) is 54.6 Å². The molecule has 0 aliphatic heterocycles. The lowest BCUT2D eigenvalue weighted by Gasteiger charge is -2.24. The Labute approximate surface area is 108 Å². The van der Waals surface area contributed by atoms with Gasteiger partial charge in [-0.1, -0.05) is 24.3 Å². The molecule has 0 atom stereocenters. The molecular weight excluding hydrogens is 224 g/mol. The largest absolute Gasteiger partial charge is 0.497 e. The zero-order valence-electron chi connectivity index (χ0n) is 10.5. The fourth-order valence-corrected chi connectivity index (χ4v) is 1.92. The number of nitrogens with two attached hydrogens (primary N) is 1. The summed E-state index contributed by atoms with van der Waals surface area (Å²) in [6, 6.07) is 18.2. The first-order chi connectivity index (χ1) is 8.85. The second-order valence-corrected chi connectivity index (χ2v) is 3.98. The van der Waals surface area contributed by atoms with Crippen molar-refractivity contribution in [2.24, 2.45) is 5.73 Å². The predicted octanol–water partition coefficient (Wildman–Crippen LogP) is 2.79. The Balaban J connectivity index is 2.35. The molecule has 2 aromatic rings. The number of para-hydroxylation sites is 1. The van der Waals surface area contributed by atoms with E-state index in [0.717, 1.165) is 23.7 Å². The van der Waals surface area contributed by atoms with E-state index in [1.165, 1.54) is 0 Å². The lowest BCUT2D eigenvalue weighted by atomic mass is 10.2. The molecule has 2 N–H and O–H groups in total. The number of methoxy groups -OCH3 is 1. The van der Waals surface area contributed by atoms with Crippen LogP contribution < -0.4 is 15.4 Å². The third-order valence-electron chi connectivity index (χ3n) is 2.79. The van der Waals surface area contributed by atoms with E-state index < -0.39 is 0 Å². The van der Waals surface area contributed by atoms with Crippen molar-refractivity contribution in [2.45, 2.75) is 0 Å². The van der Waals surface area contributed by atoms with Crippen LogP contribution in [0.4, 0.5) is 11.4 Å². The minimum atomic E-state index is 0.603. The molecule has 0 aliphatic rings. The third-order valence-corrected chi connectivity index (χ3v) is 2.79. The molecule has 0 heterocycles. The van der Waals surface area contributed by atoms with Crippen LogP contribution in [0.2, 0.25) is 0 Å². The van der Waals surface area contributed by atoms with Crippen LogP contribution in [-0.2, 0) is 0 Å². The average molecular weight is 242 g/mol. The van der Waals surface area contributed by atoms with Gasteiger partial charge in [0, 0.05) is 30.5 Å². The quantitative estimate of drug-likeness (QED) is 0.876. The second-order valence-electron chi connectivity index (χ2n) is 3.98. The molecule has 2 rings (SSSR count). The number of ether oxygens (including phenoxy) is 1. The van der Waals surface area contributed by atoms with E-state index in [1.54, 1.807) is 7.11 Å². The molecule has 0 unspecified atom stereocenters. The second kappa shape index (κ2) is 6.07. The molecule has 94 valence electrons. The Morgan fingerprint density at radius 1 is 1.00 bits per heavy atom. The Morgan fingerprint density at radius 3 is 2.39 bits per heavy atom. The van der Waals surface area contributed by atoms with Crippen LogP contribution in [0.25, 0.3) is 0 Å². The van der Waals surface area contributed by atoms with Gasteiger partial charge in [0.05, 0.1) is 7.11 Å². The Hall–Kier alpha value is -2.00. The SMILES string of the molecule is COc1cccc(N(CCN)c2ccccc2)c1. The maximum atomic E-state index is 5.70. The van der Waals surface area contributed by atoms with Gasteiger partial charge in [-0.05, 0) is 24.3 Å². The zero-order chi connectivity index (χ0) is 12.8. The van der Waals surface area contributed by atoms with E-state index in [9.17, 15) is 0 Å². The first-order valence-corrected chi connectivity index (χ1v) is 6.02. The van der Waals surface area contributed by atoms with Gasteiger partial charge < -0.3 is 15.4 Å². The monoisotopic (exact) mass is 242 g/mol. The van der Waals surface area contributed by atoms with E-state index in [1.807, 2.05) is 36.4 Å². The van der Waals surface area contributed by atoms with Crippen LogP contribution in [-0.4, -0.2) is 20.2 Å². The standard InChI is InChI=1S/C15H18N2O/c1-18-15-9-5-8-14(12-15)17(11-10-16)13-6-3-2-4-7-13/h2-9,12H,10-11,16H2,1H3. The highest BCUT2D eigenvalue weighted by Gasteiger charge is 2.08. The van der Waals surface area contributed by atoms with Crippen LogP contribution in [0.3, 0.4) is 0 Å². The number of benzene rings is 2. The minimum absolute atomic E-state index is 0.603. The smallest absolute Gasteiger partial charge is 0.120 e. The summed E-state index contributed by atoms with van der Waals surface area (Å²) in [5, 5.41) is 0. The van der Waals surface area contributed by atoms with Gasteiger partial charge in [-0.25, -0.2) is 0 Å². The lowest BCUT2D eigenvalue weighted by Crippen LogP contribution is -2.24. The van der Waals surface area contributed by atoms with Gasteiger partial charge >= 0.3 is 0 Å². The first kappa shape index (κ1) is 12.5. The first-order valence-electron chi connectivity index (χ1n) is 6.02. The normalized spacial score (nSPS) is 10.1. The summed E-state index contributed by atoms with van der Waals surface area (Å²) in [4.78, 5) is 2.18. The van der Waals surface area contributed by atoms with Crippen molar-refractivity contribution in [3.8, 4) is 5.75 Å². The van der Waals surface area contributed by atoms with Crippen molar-refractivity contribution >= 4 is 11.4 Å². The van der Waals surface area contributed by atoms with Crippen molar-refractivity contribution in [3.63, 3.8) is 0 Å². The highest BCUT2D eigenvalue weighted by atomic mass is 16.5. The van der Waals surface area contributed by atoms with Crippen LogP contribution >= 0.6 is 0 Å². The zero-order valence-corrected chi connectivity index (χ0v) is 10.5. The molecule has 3 nitrogen and oxygen atoms in total. The van der Waals surface area contributed by atoms with E-state index in [0.29, 0.717) is 6.54 Å². The van der Waals surface area contributed by atoms with E-state index in [-0.39, 0.29) is 0 Å². The van der Waals surface area contributed by atoms with Crippen molar-refractivity contribution in [1.82, 2.24) is 0 Å². The van der Waals surface area contributed by atoms with Gasteiger partial charge in [0.2, 0.25) is 0 Å². The topological polar surface area (TPSA) is 38.5 Å². The highest BCUT2D eigenvalue weighted by molar-refractivity contribution is 5.64. The number of hydrogen-bond acceptors (Lipinski definition) is 3. The Kier molecular flexibility index (Phi) is 4.20. The molecule has 3 heteroatoms. The predicted molar refractivity (Wildman–Crippen MR) is 75.5 cm³/mol. The highest BCUT2D eigenvalue weighted by Crippen LogP contribution is 2.27. The molecule has 0 spiro atoms. The molecule has 0 saturated heterocycles. The molecule has 0 fully saturated rings. The van der Waals surface area contributed by atoms with Crippen molar-refractivity contribution in [3.05, 3.63) is 54.6 Å². The summed E-state index contributed by atoms with van der Waals surface area (Å²) in [5.41, 5.74) is 7.93. The Bertz CT molecular complexity index is 485. The van der Waals surface area contributed by atoms with Crippen molar-refractivity contribution in [2.75, 3.05) is 25.1 Å². The summed E-state index contributed by atoms with van der Waals surface area (Å²) in [6.07, 6.45) is 0. The molecule has 0 aliphatic carbocycles. The molecule has 0 amide bonds. The summed E-state index contributed by atoms with van der Waals surface area (Å²) in [6.45, 7) is 1.38. The maximum Gasteiger partial charge on any atom is 0.120 e. The van der Waals surface area contributed by atoms with E-state index in [2.05, 4.69) is 23.1 Å². The molecule has 0 saturated carbocycles. The van der Waals surface area contributed by atoms with Gasteiger partial charge in [0.1, 0.15) is 5.75 Å². The summed E-state index contributed by atoms with van der Waals surface area (Å²) >= 11 is 0. The maximum absolute atomic E-state index is 5.70. The summed E-state index contributed by atoms with van der Waals surface area (Å²) in [5.74, 6) is 0.852. The lowest BCUT2D eigenvalue weighted by molar-refractivity contribution is 0.415. The fraction of sp³-hybridized carbons (Fsp3) is 0.200.